The second kappa shape index (κ2) is 7.10. The van der Waals surface area contributed by atoms with Gasteiger partial charge in [0.15, 0.2) is 5.82 Å². The van der Waals surface area contributed by atoms with Crippen LogP contribution in [-0.2, 0) is 12.8 Å². The van der Waals surface area contributed by atoms with Gasteiger partial charge in [0.05, 0.1) is 28.4 Å². The van der Waals surface area contributed by atoms with Crippen molar-refractivity contribution in [1.29, 1.82) is 0 Å². The smallest absolute Gasteiger partial charge is 0.159 e. The first-order valence-electron chi connectivity index (χ1n) is 11.2. The third kappa shape index (κ3) is 3.03. The Balaban J connectivity index is 1.51. The molecule has 5 heterocycles. The van der Waals surface area contributed by atoms with Crippen molar-refractivity contribution in [3.8, 4) is 33.9 Å². The molecule has 0 aliphatic carbocycles. The molecular formula is C27H20N6. The van der Waals surface area contributed by atoms with Crippen LogP contribution >= 0.6 is 0 Å². The Morgan fingerprint density at radius 1 is 0.788 bits per heavy atom. The first-order valence-corrected chi connectivity index (χ1v) is 11.2. The SMILES string of the molecule is c1cc2cc(c1)-c1cccc3[nH]c(nc13)-c1n[nH]c3cnc(cc13)-c1cncc(c1)CCC2. The molecule has 0 spiro atoms. The highest BCUT2D eigenvalue weighted by atomic mass is 15.1. The van der Waals surface area contributed by atoms with E-state index in [0.29, 0.717) is 0 Å². The van der Waals surface area contributed by atoms with Gasteiger partial charge in [0.2, 0.25) is 0 Å². The van der Waals surface area contributed by atoms with E-state index in [4.69, 9.17) is 4.98 Å². The van der Waals surface area contributed by atoms with E-state index < -0.39 is 0 Å². The lowest BCUT2D eigenvalue weighted by molar-refractivity contribution is 0.817. The van der Waals surface area contributed by atoms with Gasteiger partial charge in [-0.15, -0.1) is 0 Å². The molecule has 8 bridgehead atoms. The van der Waals surface area contributed by atoms with Crippen LogP contribution in [-0.4, -0.2) is 30.1 Å². The van der Waals surface area contributed by atoms with E-state index in [1.807, 2.05) is 18.6 Å². The second-order valence-corrected chi connectivity index (χ2v) is 8.61. The molecule has 2 aromatic carbocycles. The Bertz CT molecular complexity index is 1660. The maximum atomic E-state index is 5.00. The molecule has 0 atom stereocenters. The number of para-hydroxylation sites is 1. The lowest BCUT2D eigenvalue weighted by Crippen LogP contribution is -1.93. The minimum Gasteiger partial charge on any atom is -0.337 e. The number of aromatic nitrogens is 6. The minimum absolute atomic E-state index is 0.744. The topological polar surface area (TPSA) is 83.1 Å². The zero-order valence-corrected chi connectivity index (χ0v) is 17.8. The van der Waals surface area contributed by atoms with Crippen molar-refractivity contribution in [1.82, 2.24) is 30.1 Å². The molecule has 6 aromatic rings. The van der Waals surface area contributed by atoms with Crippen LogP contribution in [0.15, 0.2) is 73.2 Å². The van der Waals surface area contributed by atoms with Crippen molar-refractivity contribution >= 4 is 21.9 Å². The van der Waals surface area contributed by atoms with Crippen LogP contribution in [0, 0.1) is 0 Å². The number of aryl methyl sites for hydroxylation is 2. The van der Waals surface area contributed by atoms with Crippen LogP contribution in [0.4, 0.5) is 0 Å². The molecule has 4 aromatic heterocycles. The lowest BCUT2D eigenvalue weighted by Gasteiger charge is -2.08. The Morgan fingerprint density at radius 2 is 1.70 bits per heavy atom. The normalized spacial score (nSPS) is 13.1. The molecule has 1 aliphatic heterocycles. The monoisotopic (exact) mass is 428 g/mol. The highest BCUT2D eigenvalue weighted by Gasteiger charge is 2.17. The average molecular weight is 428 g/mol. The zero-order valence-electron chi connectivity index (χ0n) is 17.8. The van der Waals surface area contributed by atoms with Gasteiger partial charge in [0.25, 0.3) is 0 Å². The maximum Gasteiger partial charge on any atom is 0.159 e. The first kappa shape index (κ1) is 18.3. The van der Waals surface area contributed by atoms with E-state index in [-0.39, 0.29) is 0 Å². The lowest BCUT2D eigenvalue weighted by atomic mass is 9.98. The second-order valence-electron chi connectivity index (χ2n) is 8.61. The number of benzene rings is 2. The molecule has 0 fully saturated rings. The molecule has 33 heavy (non-hydrogen) atoms. The molecule has 2 N–H and O–H groups in total. The van der Waals surface area contributed by atoms with Gasteiger partial charge in [-0.25, -0.2) is 4.98 Å². The van der Waals surface area contributed by atoms with Crippen molar-refractivity contribution < 1.29 is 0 Å². The third-order valence-electron chi connectivity index (χ3n) is 6.44. The first-order chi connectivity index (χ1) is 16.3. The van der Waals surface area contributed by atoms with Crippen LogP contribution in [0.25, 0.3) is 55.8 Å². The summed E-state index contributed by atoms with van der Waals surface area (Å²) < 4.78 is 0. The number of hydrogen-bond donors (Lipinski definition) is 2. The van der Waals surface area contributed by atoms with E-state index in [0.717, 1.165) is 69.5 Å². The summed E-state index contributed by atoms with van der Waals surface area (Å²) in [6.07, 6.45) is 8.72. The number of pyridine rings is 2. The highest BCUT2D eigenvalue weighted by Crippen LogP contribution is 2.33. The maximum absolute atomic E-state index is 5.00. The predicted molar refractivity (Wildman–Crippen MR) is 130 cm³/mol. The number of aromatic amines is 2. The van der Waals surface area contributed by atoms with Crippen molar-refractivity contribution in [3.05, 3.63) is 84.3 Å². The average Bonchev–Trinajstić information content (AvgIpc) is 3.47. The molecule has 6 heteroatoms. The van der Waals surface area contributed by atoms with E-state index in [1.165, 1.54) is 16.7 Å². The number of nitrogens with zero attached hydrogens (tertiary/aromatic N) is 4. The Morgan fingerprint density at radius 3 is 2.70 bits per heavy atom. The number of fused-ring (bicyclic) bond motifs is 9. The Kier molecular flexibility index (Phi) is 3.93. The van der Waals surface area contributed by atoms with Crippen molar-refractivity contribution in [2.75, 3.05) is 0 Å². The van der Waals surface area contributed by atoms with Gasteiger partial charge in [-0.2, -0.15) is 5.10 Å². The van der Waals surface area contributed by atoms with E-state index in [2.05, 4.69) is 79.7 Å². The molecule has 0 unspecified atom stereocenters. The van der Waals surface area contributed by atoms with Crippen LogP contribution in [0.5, 0.6) is 0 Å². The van der Waals surface area contributed by atoms with Gasteiger partial charge in [0.1, 0.15) is 5.69 Å². The fourth-order valence-corrected chi connectivity index (χ4v) is 4.79. The standard InChI is InChI=1S/C27H20N6/c1-4-16-5-2-7-18(10-16)20-8-3-9-22-25(20)31-27(30-22)26-21-12-23(29-15-24(21)32-33-26)19-11-17(6-1)13-28-14-19/h2-3,5,7-15H,1,4,6H2,(H,30,31)(H,32,33). The zero-order chi connectivity index (χ0) is 21.8. The number of imidazole rings is 1. The third-order valence-corrected chi connectivity index (χ3v) is 6.44. The van der Waals surface area contributed by atoms with E-state index >= 15 is 0 Å². The van der Waals surface area contributed by atoms with Gasteiger partial charge in [-0.05, 0) is 54.2 Å². The van der Waals surface area contributed by atoms with Crippen LogP contribution < -0.4 is 0 Å². The van der Waals surface area contributed by atoms with E-state index in [9.17, 15) is 0 Å². The molecule has 7 rings (SSSR count). The Labute approximate surface area is 189 Å². The summed E-state index contributed by atoms with van der Waals surface area (Å²) in [5, 5.41) is 8.67. The number of H-pyrrole nitrogens is 2. The molecule has 0 amide bonds. The summed E-state index contributed by atoms with van der Waals surface area (Å²) in [5.41, 5.74) is 10.4. The predicted octanol–water partition coefficient (Wildman–Crippen LogP) is 5.72. The van der Waals surface area contributed by atoms with Gasteiger partial charge in [-0.1, -0.05) is 36.4 Å². The molecular weight excluding hydrogens is 408 g/mol. The largest absolute Gasteiger partial charge is 0.337 e. The number of nitrogens with one attached hydrogen (secondary N) is 2. The molecule has 0 saturated heterocycles. The van der Waals surface area contributed by atoms with E-state index in [1.54, 1.807) is 0 Å². The molecule has 1 aliphatic rings. The van der Waals surface area contributed by atoms with Gasteiger partial charge in [-0.3, -0.25) is 15.1 Å². The summed E-state index contributed by atoms with van der Waals surface area (Å²) in [5.74, 6) is 0.744. The number of hydrogen-bond acceptors (Lipinski definition) is 4. The van der Waals surface area contributed by atoms with Crippen molar-refractivity contribution in [2.45, 2.75) is 19.3 Å². The summed E-state index contributed by atoms with van der Waals surface area (Å²) in [7, 11) is 0. The highest BCUT2D eigenvalue weighted by molar-refractivity contribution is 5.97. The van der Waals surface area contributed by atoms with Crippen molar-refractivity contribution in [3.63, 3.8) is 0 Å². The number of rotatable bonds is 0. The minimum atomic E-state index is 0.744. The summed E-state index contributed by atoms with van der Waals surface area (Å²) in [6, 6.07) is 19.4. The molecule has 158 valence electrons. The van der Waals surface area contributed by atoms with Gasteiger partial charge in [0, 0.05) is 28.9 Å². The quantitative estimate of drug-likeness (QED) is 0.324. The molecule has 6 nitrogen and oxygen atoms in total. The van der Waals surface area contributed by atoms with Gasteiger partial charge < -0.3 is 4.98 Å². The summed E-state index contributed by atoms with van der Waals surface area (Å²) in [6.45, 7) is 0. The summed E-state index contributed by atoms with van der Waals surface area (Å²) >= 11 is 0. The van der Waals surface area contributed by atoms with Crippen molar-refractivity contribution in [2.24, 2.45) is 0 Å². The molecule has 0 saturated carbocycles. The summed E-state index contributed by atoms with van der Waals surface area (Å²) in [4.78, 5) is 17.6. The Hall–Kier alpha value is -4.32. The fourth-order valence-electron chi connectivity index (χ4n) is 4.79. The molecule has 0 radical (unpaired) electrons. The van der Waals surface area contributed by atoms with Crippen LogP contribution in [0.3, 0.4) is 0 Å². The van der Waals surface area contributed by atoms with Crippen LogP contribution in [0.2, 0.25) is 0 Å². The van der Waals surface area contributed by atoms with Crippen LogP contribution in [0.1, 0.15) is 17.5 Å². The van der Waals surface area contributed by atoms with Gasteiger partial charge >= 0.3 is 0 Å². The fraction of sp³-hybridized carbons (Fsp3) is 0.111.